The summed E-state index contributed by atoms with van der Waals surface area (Å²) in [6.45, 7) is 4.51. The zero-order chi connectivity index (χ0) is 15.7. The third-order valence-corrected chi connectivity index (χ3v) is 4.23. The van der Waals surface area contributed by atoms with Crippen LogP contribution in [0.2, 0.25) is 0 Å². The summed E-state index contributed by atoms with van der Waals surface area (Å²) in [7, 11) is 0. The Balaban J connectivity index is 2.31. The van der Waals surface area contributed by atoms with Crippen molar-refractivity contribution < 1.29 is 14.7 Å². The van der Waals surface area contributed by atoms with Gasteiger partial charge in [-0.25, -0.2) is 0 Å². The number of aliphatic hydroxyl groups excluding tert-OH is 1. The zero-order valence-electron chi connectivity index (χ0n) is 13.0. The van der Waals surface area contributed by atoms with Crippen molar-refractivity contribution in [1.82, 2.24) is 10.2 Å². The number of carbonyl (C=O) groups excluding carboxylic acids is 2. The minimum absolute atomic E-state index is 0.00998. The van der Waals surface area contributed by atoms with Gasteiger partial charge >= 0.3 is 0 Å². The standard InChI is InChI=1S/C15H29N3O3/c1-2-12(11-16)10-14(20)18-7-4-13(5-8-18)15(21)17-6-3-9-19/h12-13,19H,2-11,16H2,1H3,(H,17,21). The number of nitrogens with one attached hydrogen (secondary N) is 1. The van der Waals surface area contributed by atoms with Crippen LogP contribution < -0.4 is 11.1 Å². The predicted molar refractivity (Wildman–Crippen MR) is 81.5 cm³/mol. The maximum absolute atomic E-state index is 12.2. The third-order valence-electron chi connectivity index (χ3n) is 4.23. The Hall–Kier alpha value is -1.14. The fourth-order valence-corrected chi connectivity index (χ4v) is 2.60. The fraction of sp³-hybridized carbons (Fsp3) is 0.867. The molecule has 1 aliphatic rings. The topological polar surface area (TPSA) is 95.7 Å². The number of hydrogen-bond acceptors (Lipinski definition) is 4. The molecule has 1 unspecified atom stereocenters. The van der Waals surface area contributed by atoms with Crippen LogP contribution in [0.1, 0.15) is 39.0 Å². The summed E-state index contributed by atoms with van der Waals surface area (Å²) in [5.41, 5.74) is 5.64. The Kier molecular flexibility index (Phi) is 8.30. The molecular weight excluding hydrogens is 270 g/mol. The second kappa shape index (κ2) is 9.73. The van der Waals surface area contributed by atoms with E-state index in [0.29, 0.717) is 39.0 Å². The molecule has 1 saturated heterocycles. The highest BCUT2D eigenvalue weighted by atomic mass is 16.3. The number of hydrogen-bond donors (Lipinski definition) is 3. The summed E-state index contributed by atoms with van der Waals surface area (Å²) in [5, 5.41) is 11.5. The van der Waals surface area contributed by atoms with Gasteiger partial charge in [0, 0.05) is 38.6 Å². The van der Waals surface area contributed by atoms with Gasteiger partial charge in [0.25, 0.3) is 0 Å². The lowest BCUT2D eigenvalue weighted by Gasteiger charge is -2.32. The van der Waals surface area contributed by atoms with Crippen molar-refractivity contribution in [2.24, 2.45) is 17.6 Å². The van der Waals surface area contributed by atoms with E-state index in [4.69, 9.17) is 10.8 Å². The largest absolute Gasteiger partial charge is 0.396 e. The molecule has 122 valence electrons. The highest BCUT2D eigenvalue weighted by molar-refractivity contribution is 5.80. The van der Waals surface area contributed by atoms with E-state index in [2.05, 4.69) is 5.32 Å². The highest BCUT2D eigenvalue weighted by Gasteiger charge is 2.27. The normalized spacial score (nSPS) is 17.6. The van der Waals surface area contributed by atoms with Gasteiger partial charge in [-0.1, -0.05) is 13.3 Å². The van der Waals surface area contributed by atoms with Gasteiger partial charge in [0.05, 0.1) is 0 Å². The first kappa shape index (κ1) is 17.9. The van der Waals surface area contributed by atoms with Crippen LogP contribution in [-0.4, -0.2) is 54.6 Å². The Bertz CT molecular complexity index is 324. The van der Waals surface area contributed by atoms with E-state index >= 15 is 0 Å². The maximum Gasteiger partial charge on any atom is 0.223 e. The maximum atomic E-state index is 12.2. The van der Waals surface area contributed by atoms with Crippen molar-refractivity contribution in [2.45, 2.75) is 39.0 Å². The molecule has 4 N–H and O–H groups in total. The van der Waals surface area contributed by atoms with Crippen LogP contribution >= 0.6 is 0 Å². The van der Waals surface area contributed by atoms with E-state index in [1.54, 1.807) is 0 Å². The number of piperidine rings is 1. The Labute approximate surface area is 127 Å². The molecule has 2 amide bonds. The molecule has 0 aromatic carbocycles. The monoisotopic (exact) mass is 299 g/mol. The first-order valence-corrected chi connectivity index (χ1v) is 7.98. The number of aliphatic hydroxyl groups is 1. The van der Waals surface area contributed by atoms with E-state index in [0.717, 1.165) is 19.3 Å². The molecule has 1 heterocycles. The van der Waals surface area contributed by atoms with Gasteiger partial charge in [-0.2, -0.15) is 0 Å². The number of nitrogens with zero attached hydrogens (tertiary/aromatic N) is 1. The molecule has 1 atom stereocenters. The average Bonchev–Trinajstić information content (AvgIpc) is 2.52. The molecule has 0 aliphatic carbocycles. The van der Waals surface area contributed by atoms with E-state index in [1.807, 2.05) is 11.8 Å². The Morgan fingerprint density at radius 2 is 2.05 bits per heavy atom. The number of likely N-dealkylation sites (tertiary alicyclic amines) is 1. The van der Waals surface area contributed by atoms with Gasteiger partial charge < -0.3 is 21.1 Å². The van der Waals surface area contributed by atoms with Gasteiger partial charge in [-0.3, -0.25) is 9.59 Å². The fourth-order valence-electron chi connectivity index (χ4n) is 2.60. The summed E-state index contributed by atoms with van der Waals surface area (Å²) in [4.78, 5) is 25.9. The summed E-state index contributed by atoms with van der Waals surface area (Å²) in [6.07, 6.45) is 3.46. The minimum atomic E-state index is -0.00998. The van der Waals surface area contributed by atoms with Crippen molar-refractivity contribution >= 4 is 11.8 Å². The minimum Gasteiger partial charge on any atom is -0.396 e. The summed E-state index contributed by atoms with van der Waals surface area (Å²) >= 11 is 0. The van der Waals surface area contributed by atoms with Crippen LogP contribution in [0.5, 0.6) is 0 Å². The lowest BCUT2D eigenvalue weighted by Crippen LogP contribution is -2.43. The number of rotatable bonds is 8. The highest BCUT2D eigenvalue weighted by Crippen LogP contribution is 2.19. The lowest BCUT2D eigenvalue weighted by molar-refractivity contribution is -0.136. The molecular formula is C15H29N3O3. The van der Waals surface area contributed by atoms with Crippen molar-refractivity contribution in [3.05, 3.63) is 0 Å². The molecule has 21 heavy (non-hydrogen) atoms. The third kappa shape index (κ3) is 6.01. The lowest BCUT2D eigenvalue weighted by atomic mass is 9.94. The molecule has 6 heteroatoms. The van der Waals surface area contributed by atoms with Crippen LogP contribution in [0.25, 0.3) is 0 Å². The van der Waals surface area contributed by atoms with E-state index in [-0.39, 0.29) is 30.3 Å². The molecule has 0 spiro atoms. The number of nitrogens with two attached hydrogens (primary N) is 1. The molecule has 1 rings (SSSR count). The molecule has 0 aromatic heterocycles. The van der Waals surface area contributed by atoms with Crippen LogP contribution in [0.4, 0.5) is 0 Å². The summed E-state index contributed by atoms with van der Waals surface area (Å²) in [6, 6.07) is 0. The van der Waals surface area contributed by atoms with Gasteiger partial charge in [0.2, 0.25) is 11.8 Å². The first-order chi connectivity index (χ1) is 10.1. The van der Waals surface area contributed by atoms with E-state index < -0.39 is 0 Å². The predicted octanol–water partition coefficient (Wildman–Crippen LogP) is 0.0986. The van der Waals surface area contributed by atoms with Crippen LogP contribution in [0, 0.1) is 11.8 Å². The molecule has 0 aromatic rings. The van der Waals surface area contributed by atoms with E-state index in [9.17, 15) is 9.59 Å². The molecule has 1 fully saturated rings. The average molecular weight is 299 g/mol. The van der Waals surface area contributed by atoms with Crippen molar-refractivity contribution in [3.8, 4) is 0 Å². The smallest absolute Gasteiger partial charge is 0.223 e. The van der Waals surface area contributed by atoms with E-state index in [1.165, 1.54) is 0 Å². The van der Waals surface area contributed by atoms with Gasteiger partial charge in [-0.15, -0.1) is 0 Å². The van der Waals surface area contributed by atoms with Crippen molar-refractivity contribution in [2.75, 3.05) is 32.8 Å². The molecule has 1 aliphatic heterocycles. The Morgan fingerprint density at radius 3 is 2.57 bits per heavy atom. The molecule has 0 bridgehead atoms. The van der Waals surface area contributed by atoms with Gasteiger partial charge in [0.1, 0.15) is 0 Å². The number of carbonyl (C=O) groups is 2. The van der Waals surface area contributed by atoms with Crippen LogP contribution in [0.15, 0.2) is 0 Å². The number of amides is 2. The quantitative estimate of drug-likeness (QED) is 0.554. The first-order valence-electron chi connectivity index (χ1n) is 7.98. The summed E-state index contributed by atoms with van der Waals surface area (Å²) < 4.78 is 0. The molecule has 6 nitrogen and oxygen atoms in total. The zero-order valence-corrected chi connectivity index (χ0v) is 13.0. The Morgan fingerprint density at radius 1 is 1.38 bits per heavy atom. The van der Waals surface area contributed by atoms with Crippen molar-refractivity contribution in [1.29, 1.82) is 0 Å². The van der Waals surface area contributed by atoms with Crippen LogP contribution in [-0.2, 0) is 9.59 Å². The molecule has 0 saturated carbocycles. The van der Waals surface area contributed by atoms with Crippen LogP contribution in [0.3, 0.4) is 0 Å². The summed E-state index contributed by atoms with van der Waals surface area (Å²) in [5.74, 6) is 0.455. The SMILES string of the molecule is CCC(CN)CC(=O)N1CCC(C(=O)NCCCO)CC1. The molecule has 0 radical (unpaired) electrons. The van der Waals surface area contributed by atoms with Gasteiger partial charge in [-0.05, 0) is 31.7 Å². The second-order valence-electron chi connectivity index (χ2n) is 5.74. The van der Waals surface area contributed by atoms with Crippen molar-refractivity contribution in [3.63, 3.8) is 0 Å². The second-order valence-corrected chi connectivity index (χ2v) is 5.74. The van der Waals surface area contributed by atoms with Gasteiger partial charge in [0.15, 0.2) is 0 Å².